The summed E-state index contributed by atoms with van der Waals surface area (Å²) >= 11 is 1.11. The van der Waals surface area contributed by atoms with E-state index in [2.05, 4.69) is 17.2 Å². The Balaban J connectivity index is 1.73. The number of hydrogen-bond donors (Lipinski definition) is 1. The number of benzene rings is 2. The Hall–Kier alpha value is -3.19. The SMILES string of the molecule is CCc1ccc(N=C2NC(=O)C(=C3C(=O)N(C(C)=O)c4ccccc43)S2)cc1. The quantitative estimate of drug-likeness (QED) is 0.796. The molecule has 2 aliphatic heterocycles. The smallest absolute Gasteiger partial charge is 0.267 e. The maximum Gasteiger partial charge on any atom is 0.267 e. The number of amidine groups is 1. The first-order valence-electron chi connectivity index (χ1n) is 8.85. The van der Waals surface area contributed by atoms with Crippen molar-refractivity contribution >= 4 is 51.6 Å². The van der Waals surface area contributed by atoms with Crippen LogP contribution in [0.5, 0.6) is 0 Å². The van der Waals surface area contributed by atoms with E-state index >= 15 is 0 Å². The van der Waals surface area contributed by atoms with Gasteiger partial charge in [-0.25, -0.2) is 9.89 Å². The Labute approximate surface area is 166 Å². The second-order valence-electron chi connectivity index (χ2n) is 6.37. The first kappa shape index (κ1) is 18.2. The van der Waals surface area contributed by atoms with Crippen LogP contribution in [0.3, 0.4) is 0 Å². The van der Waals surface area contributed by atoms with Crippen LogP contribution in [-0.2, 0) is 20.8 Å². The molecule has 0 atom stereocenters. The van der Waals surface area contributed by atoms with Gasteiger partial charge >= 0.3 is 0 Å². The molecule has 0 spiro atoms. The predicted molar refractivity (Wildman–Crippen MR) is 110 cm³/mol. The Morgan fingerprint density at radius 1 is 1.11 bits per heavy atom. The van der Waals surface area contributed by atoms with Gasteiger partial charge in [0.05, 0.1) is 21.9 Å². The summed E-state index contributed by atoms with van der Waals surface area (Å²) < 4.78 is 0. The highest BCUT2D eigenvalue weighted by molar-refractivity contribution is 8.18. The molecule has 2 aromatic rings. The summed E-state index contributed by atoms with van der Waals surface area (Å²) in [5, 5.41) is 3.12. The maximum atomic E-state index is 12.9. The van der Waals surface area contributed by atoms with Crippen molar-refractivity contribution < 1.29 is 14.4 Å². The highest BCUT2D eigenvalue weighted by Crippen LogP contribution is 2.42. The van der Waals surface area contributed by atoms with Crippen molar-refractivity contribution in [3.8, 4) is 0 Å². The molecule has 0 aliphatic carbocycles. The molecule has 0 saturated carbocycles. The van der Waals surface area contributed by atoms with Gasteiger partial charge in [-0.1, -0.05) is 37.3 Å². The minimum Gasteiger partial charge on any atom is -0.300 e. The fourth-order valence-corrected chi connectivity index (χ4v) is 4.14. The zero-order chi connectivity index (χ0) is 19.8. The number of aryl methyl sites for hydroxylation is 1. The van der Waals surface area contributed by atoms with Crippen LogP contribution in [-0.4, -0.2) is 22.9 Å². The lowest BCUT2D eigenvalue weighted by atomic mass is 10.1. The van der Waals surface area contributed by atoms with Crippen LogP contribution in [0.4, 0.5) is 11.4 Å². The van der Waals surface area contributed by atoms with Gasteiger partial charge < -0.3 is 5.32 Å². The number of anilines is 1. The molecule has 2 aromatic carbocycles. The van der Waals surface area contributed by atoms with Gasteiger partial charge in [0.2, 0.25) is 5.91 Å². The molecule has 0 aromatic heterocycles. The molecule has 1 saturated heterocycles. The van der Waals surface area contributed by atoms with Gasteiger partial charge in [0.1, 0.15) is 0 Å². The molecule has 0 unspecified atom stereocenters. The van der Waals surface area contributed by atoms with Gasteiger partial charge in [-0.2, -0.15) is 0 Å². The largest absolute Gasteiger partial charge is 0.300 e. The minimum atomic E-state index is -0.486. The van der Waals surface area contributed by atoms with E-state index in [0.717, 1.165) is 28.8 Å². The summed E-state index contributed by atoms with van der Waals surface area (Å²) in [6.45, 7) is 3.41. The van der Waals surface area contributed by atoms with Crippen molar-refractivity contribution in [2.24, 2.45) is 4.99 Å². The number of nitrogens with zero attached hydrogens (tertiary/aromatic N) is 2. The number of rotatable bonds is 2. The predicted octanol–water partition coefficient (Wildman–Crippen LogP) is 3.40. The number of carbonyl (C=O) groups excluding carboxylic acids is 3. The van der Waals surface area contributed by atoms with Crippen molar-refractivity contribution in [3.63, 3.8) is 0 Å². The van der Waals surface area contributed by atoms with Crippen LogP contribution in [0.25, 0.3) is 5.57 Å². The molecule has 6 nitrogen and oxygen atoms in total. The summed E-state index contributed by atoms with van der Waals surface area (Å²) in [6, 6.07) is 14.7. The van der Waals surface area contributed by atoms with Crippen LogP contribution in [0.1, 0.15) is 25.0 Å². The average Bonchev–Trinajstić information content (AvgIpc) is 3.18. The highest BCUT2D eigenvalue weighted by Gasteiger charge is 2.40. The maximum absolute atomic E-state index is 12.9. The van der Waals surface area contributed by atoms with Gasteiger partial charge in [0.25, 0.3) is 11.8 Å². The number of amides is 3. The molecule has 0 radical (unpaired) electrons. The molecule has 4 rings (SSSR count). The fraction of sp³-hybridized carbons (Fsp3) is 0.143. The zero-order valence-corrected chi connectivity index (χ0v) is 16.2. The van der Waals surface area contributed by atoms with E-state index in [1.165, 1.54) is 12.5 Å². The van der Waals surface area contributed by atoms with Gasteiger partial charge in [-0.3, -0.25) is 14.4 Å². The summed E-state index contributed by atoms with van der Waals surface area (Å²) in [5.41, 5.74) is 3.23. The Bertz CT molecular complexity index is 1070. The number of aliphatic imine (C=N–C) groups is 1. The van der Waals surface area contributed by atoms with Crippen LogP contribution in [0, 0.1) is 0 Å². The standard InChI is InChI=1S/C21H17N3O3S/c1-3-13-8-10-14(11-9-13)22-21-23-19(26)18(28-21)17-15-6-4-5-7-16(15)24(12(2)25)20(17)27/h4-11H,3H2,1-2H3,(H,22,23,26). The topological polar surface area (TPSA) is 78.8 Å². The molecule has 1 fully saturated rings. The summed E-state index contributed by atoms with van der Waals surface area (Å²) in [7, 11) is 0. The lowest BCUT2D eigenvalue weighted by Crippen LogP contribution is -2.31. The molecular weight excluding hydrogens is 374 g/mol. The van der Waals surface area contributed by atoms with Crippen molar-refractivity contribution in [1.29, 1.82) is 0 Å². The van der Waals surface area contributed by atoms with Gasteiger partial charge in [0.15, 0.2) is 5.17 Å². The lowest BCUT2D eigenvalue weighted by Gasteiger charge is -2.11. The molecule has 140 valence electrons. The Morgan fingerprint density at radius 3 is 2.50 bits per heavy atom. The van der Waals surface area contributed by atoms with E-state index in [-0.39, 0.29) is 16.4 Å². The van der Waals surface area contributed by atoms with Crippen LogP contribution >= 0.6 is 11.8 Å². The molecule has 0 bridgehead atoms. The fourth-order valence-electron chi connectivity index (χ4n) is 3.21. The molecule has 3 amide bonds. The third-order valence-electron chi connectivity index (χ3n) is 4.57. The number of imide groups is 1. The number of para-hydroxylation sites is 1. The van der Waals surface area contributed by atoms with Crippen molar-refractivity contribution in [2.75, 3.05) is 4.90 Å². The third-order valence-corrected chi connectivity index (χ3v) is 5.55. The summed E-state index contributed by atoms with van der Waals surface area (Å²) in [5.74, 6) is -1.27. The Morgan fingerprint density at radius 2 is 1.82 bits per heavy atom. The number of hydrogen-bond acceptors (Lipinski definition) is 5. The Kier molecular flexibility index (Phi) is 4.60. The normalized spacial score (nSPS) is 19.9. The number of nitrogens with one attached hydrogen (secondary N) is 1. The van der Waals surface area contributed by atoms with Gasteiger partial charge in [0, 0.05) is 12.5 Å². The van der Waals surface area contributed by atoms with Crippen molar-refractivity contribution in [2.45, 2.75) is 20.3 Å². The summed E-state index contributed by atoms with van der Waals surface area (Å²) in [4.78, 5) is 43.2. The molecular formula is C21H17N3O3S. The molecule has 2 heterocycles. The van der Waals surface area contributed by atoms with Crippen LogP contribution in [0.15, 0.2) is 58.4 Å². The van der Waals surface area contributed by atoms with E-state index in [9.17, 15) is 14.4 Å². The molecule has 28 heavy (non-hydrogen) atoms. The second kappa shape index (κ2) is 7.09. The van der Waals surface area contributed by atoms with Gasteiger partial charge in [-0.05, 0) is 41.9 Å². The first-order valence-corrected chi connectivity index (χ1v) is 9.66. The molecule has 2 aliphatic rings. The van der Waals surface area contributed by atoms with E-state index in [0.29, 0.717) is 16.4 Å². The van der Waals surface area contributed by atoms with E-state index in [1.807, 2.05) is 24.3 Å². The van der Waals surface area contributed by atoms with E-state index in [1.54, 1.807) is 24.3 Å². The zero-order valence-electron chi connectivity index (χ0n) is 15.4. The van der Waals surface area contributed by atoms with Gasteiger partial charge in [-0.15, -0.1) is 0 Å². The van der Waals surface area contributed by atoms with E-state index < -0.39 is 11.8 Å². The molecule has 1 N–H and O–H groups in total. The van der Waals surface area contributed by atoms with Crippen LogP contribution in [0.2, 0.25) is 0 Å². The van der Waals surface area contributed by atoms with Crippen molar-refractivity contribution in [1.82, 2.24) is 5.32 Å². The number of carbonyl (C=O) groups is 3. The number of fused-ring (bicyclic) bond motifs is 1. The third kappa shape index (κ3) is 3.03. The monoisotopic (exact) mass is 391 g/mol. The van der Waals surface area contributed by atoms with Crippen molar-refractivity contribution in [3.05, 3.63) is 64.6 Å². The second-order valence-corrected chi connectivity index (χ2v) is 7.37. The highest BCUT2D eigenvalue weighted by atomic mass is 32.2. The summed E-state index contributed by atoms with van der Waals surface area (Å²) in [6.07, 6.45) is 0.937. The van der Waals surface area contributed by atoms with E-state index in [4.69, 9.17) is 0 Å². The van der Waals surface area contributed by atoms with Crippen LogP contribution < -0.4 is 10.2 Å². The number of thioether (sulfide) groups is 1. The average molecular weight is 391 g/mol. The minimum absolute atomic E-state index is 0.236. The molecule has 7 heteroatoms. The lowest BCUT2D eigenvalue weighted by molar-refractivity contribution is -0.122. The first-order chi connectivity index (χ1) is 13.5.